The molecule has 1 heterocycles. The molecule has 1 N–H and O–H groups in total. The van der Waals surface area contributed by atoms with Crippen LogP contribution in [0, 0.1) is 0 Å². The molecule has 0 aromatic heterocycles. The van der Waals surface area contributed by atoms with Crippen LogP contribution < -0.4 is 14.8 Å². The summed E-state index contributed by atoms with van der Waals surface area (Å²) in [5, 5.41) is 4.65. The molecule has 3 nitrogen and oxygen atoms in total. The quantitative estimate of drug-likeness (QED) is 0.868. The molecule has 5 heteroatoms. The lowest BCUT2D eigenvalue weighted by molar-refractivity contribution is 0.171. The predicted octanol–water partition coefficient (Wildman–Crippen LogP) is 4.94. The van der Waals surface area contributed by atoms with Gasteiger partial charge < -0.3 is 14.8 Å². The zero-order chi connectivity index (χ0) is 14.8. The van der Waals surface area contributed by atoms with Crippen molar-refractivity contribution < 1.29 is 9.47 Å². The topological polar surface area (TPSA) is 30.5 Å². The lowest BCUT2D eigenvalue weighted by Gasteiger charge is -2.22. The van der Waals surface area contributed by atoms with E-state index in [1.54, 1.807) is 12.1 Å². The monoisotopic (exact) mass is 323 g/mol. The third-order valence-corrected chi connectivity index (χ3v) is 3.93. The maximum absolute atomic E-state index is 6.18. The molecular formula is C16H15Cl2NO2. The van der Waals surface area contributed by atoms with Gasteiger partial charge in [-0.3, -0.25) is 0 Å². The highest BCUT2D eigenvalue weighted by Crippen LogP contribution is 2.34. The Kier molecular flexibility index (Phi) is 4.13. The highest BCUT2D eigenvalue weighted by atomic mass is 35.5. The van der Waals surface area contributed by atoms with Gasteiger partial charge in [0.25, 0.3) is 0 Å². The standard InChI is InChI=1S/C16H15Cl2NO2/c1-10(19-14-9-12(17)3-4-13(14)18)11-2-5-15-16(8-11)21-7-6-20-15/h2-5,8-10,19H,6-7H2,1H3. The highest BCUT2D eigenvalue weighted by Gasteiger charge is 2.15. The van der Waals surface area contributed by atoms with Crippen molar-refractivity contribution in [3.8, 4) is 11.5 Å². The molecule has 0 amide bonds. The van der Waals surface area contributed by atoms with E-state index in [0.717, 1.165) is 22.7 Å². The number of hydrogen-bond acceptors (Lipinski definition) is 3. The number of anilines is 1. The Balaban J connectivity index is 1.82. The van der Waals surface area contributed by atoms with E-state index in [9.17, 15) is 0 Å². The number of hydrogen-bond donors (Lipinski definition) is 1. The van der Waals surface area contributed by atoms with Gasteiger partial charge in [-0.1, -0.05) is 29.3 Å². The smallest absolute Gasteiger partial charge is 0.161 e. The van der Waals surface area contributed by atoms with Crippen LogP contribution in [0.1, 0.15) is 18.5 Å². The van der Waals surface area contributed by atoms with E-state index in [1.165, 1.54) is 0 Å². The molecule has 1 atom stereocenters. The van der Waals surface area contributed by atoms with Gasteiger partial charge in [0, 0.05) is 11.1 Å². The van der Waals surface area contributed by atoms with E-state index in [0.29, 0.717) is 23.3 Å². The van der Waals surface area contributed by atoms with Gasteiger partial charge in [0.2, 0.25) is 0 Å². The molecule has 2 aromatic rings. The Morgan fingerprint density at radius 3 is 2.57 bits per heavy atom. The van der Waals surface area contributed by atoms with Gasteiger partial charge in [0.1, 0.15) is 13.2 Å². The SMILES string of the molecule is CC(Nc1cc(Cl)ccc1Cl)c1ccc2c(c1)OCCO2. The Morgan fingerprint density at radius 1 is 1.00 bits per heavy atom. The minimum absolute atomic E-state index is 0.0665. The van der Waals surface area contributed by atoms with Crippen LogP contribution >= 0.6 is 23.2 Å². The number of benzene rings is 2. The van der Waals surface area contributed by atoms with Crippen molar-refractivity contribution in [1.82, 2.24) is 0 Å². The minimum Gasteiger partial charge on any atom is -0.486 e. The summed E-state index contributed by atoms with van der Waals surface area (Å²) in [4.78, 5) is 0. The molecule has 0 saturated heterocycles. The Morgan fingerprint density at radius 2 is 1.76 bits per heavy atom. The Bertz CT molecular complexity index is 661. The van der Waals surface area contributed by atoms with Crippen LogP contribution in [0.4, 0.5) is 5.69 Å². The zero-order valence-corrected chi connectivity index (χ0v) is 13.0. The van der Waals surface area contributed by atoms with Crippen LogP contribution in [0.15, 0.2) is 36.4 Å². The van der Waals surface area contributed by atoms with Crippen molar-refractivity contribution in [3.05, 3.63) is 52.0 Å². The van der Waals surface area contributed by atoms with Crippen molar-refractivity contribution in [2.24, 2.45) is 0 Å². The van der Waals surface area contributed by atoms with E-state index in [4.69, 9.17) is 32.7 Å². The van der Waals surface area contributed by atoms with Gasteiger partial charge in [-0.2, -0.15) is 0 Å². The van der Waals surface area contributed by atoms with Gasteiger partial charge in [-0.05, 0) is 42.8 Å². The summed E-state index contributed by atoms with van der Waals surface area (Å²) in [7, 11) is 0. The molecule has 0 radical (unpaired) electrons. The lowest BCUT2D eigenvalue weighted by Crippen LogP contribution is -2.16. The molecule has 2 aromatic carbocycles. The van der Waals surface area contributed by atoms with Crippen LogP contribution in [-0.4, -0.2) is 13.2 Å². The molecule has 0 spiro atoms. The molecule has 0 saturated carbocycles. The van der Waals surface area contributed by atoms with Crippen molar-refractivity contribution in [2.45, 2.75) is 13.0 Å². The van der Waals surface area contributed by atoms with Crippen molar-refractivity contribution in [3.63, 3.8) is 0 Å². The molecule has 0 aliphatic carbocycles. The predicted molar refractivity (Wildman–Crippen MR) is 85.9 cm³/mol. The first kappa shape index (κ1) is 14.4. The average Bonchev–Trinajstić information content (AvgIpc) is 2.50. The Hall–Kier alpha value is -1.58. The van der Waals surface area contributed by atoms with E-state index in [-0.39, 0.29) is 6.04 Å². The molecule has 1 aliphatic heterocycles. The van der Waals surface area contributed by atoms with Gasteiger partial charge >= 0.3 is 0 Å². The van der Waals surface area contributed by atoms with Crippen LogP contribution in [0.25, 0.3) is 0 Å². The average molecular weight is 324 g/mol. The summed E-state index contributed by atoms with van der Waals surface area (Å²) >= 11 is 12.2. The molecule has 0 bridgehead atoms. The van der Waals surface area contributed by atoms with E-state index < -0.39 is 0 Å². The lowest BCUT2D eigenvalue weighted by atomic mass is 10.1. The zero-order valence-electron chi connectivity index (χ0n) is 11.5. The third-order valence-electron chi connectivity index (χ3n) is 3.37. The van der Waals surface area contributed by atoms with Crippen LogP contribution in [-0.2, 0) is 0 Å². The first-order valence-corrected chi connectivity index (χ1v) is 7.50. The van der Waals surface area contributed by atoms with Crippen LogP contribution in [0.2, 0.25) is 10.0 Å². The molecular weight excluding hydrogens is 309 g/mol. The number of rotatable bonds is 3. The van der Waals surface area contributed by atoms with Crippen LogP contribution in [0.5, 0.6) is 11.5 Å². The molecule has 110 valence electrons. The summed E-state index contributed by atoms with van der Waals surface area (Å²) < 4.78 is 11.1. The first-order chi connectivity index (χ1) is 10.1. The molecule has 0 fully saturated rings. The van der Waals surface area contributed by atoms with Crippen molar-refractivity contribution in [2.75, 3.05) is 18.5 Å². The fraction of sp³-hybridized carbons (Fsp3) is 0.250. The summed E-state index contributed by atoms with van der Waals surface area (Å²) in [5.74, 6) is 1.57. The maximum Gasteiger partial charge on any atom is 0.161 e. The molecule has 1 aliphatic rings. The summed E-state index contributed by atoms with van der Waals surface area (Å²) in [6.07, 6.45) is 0. The van der Waals surface area contributed by atoms with Crippen molar-refractivity contribution >= 4 is 28.9 Å². The summed E-state index contributed by atoms with van der Waals surface area (Å²) in [6.45, 7) is 3.24. The first-order valence-electron chi connectivity index (χ1n) is 6.74. The number of halogens is 2. The van der Waals surface area contributed by atoms with Gasteiger partial charge in [-0.15, -0.1) is 0 Å². The third kappa shape index (κ3) is 3.20. The largest absolute Gasteiger partial charge is 0.486 e. The normalized spacial score (nSPS) is 14.6. The van der Waals surface area contributed by atoms with Crippen LogP contribution in [0.3, 0.4) is 0 Å². The fourth-order valence-corrected chi connectivity index (χ4v) is 2.60. The van der Waals surface area contributed by atoms with E-state index in [2.05, 4.69) is 12.2 Å². The van der Waals surface area contributed by atoms with E-state index in [1.807, 2.05) is 24.3 Å². The van der Waals surface area contributed by atoms with Crippen molar-refractivity contribution in [1.29, 1.82) is 0 Å². The van der Waals surface area contributed by atoms with Gasteiger partial charge in [0.05, 0.1) is 10.7 Å². The minimum atomic E-state index is 0.0665. The second-order valence-corrected chi connectivity index (χ2v) is 5.74. The molecule has 3 rings (SSSR count). The van der Waals surface area contributed by atoms with Gasteiger partial charge in [-0.25, -0.2) is 0 Å². The fourth-order valence-electron chi connectivity index (χ4n) is 2.25. The van der Waals surface area contributed by atoms with Gasteiger partial charge in [0.15, 0.2) is 11.5 Å². The molecule has 1 unspecified atom stereocenters. The second-order valence-electron chi connectivity index (χ2n) is 4.89. The number of nitrogens with one attached hydrogen (secondary N) is 1. The van der Waals surface area contributed by atoms with E-state index >= 15 is 0 Å². The summed E-state index contributed by atoms with van der Waals surface area (Å²) in [5.41, 5.74) is 1.90. The number of ether oxygens (including phenoxy) is 2. The Labute approximate surface area is 133 Å². The number of fused-ring (bicyclic) bond motifs is 1. The second kappa shape index (κ2) is 6.04. The maximum atomic E-state index is 6.18. The summed E-state index contributed by atoms with van der Waals surface area (Å²) in [6, 6.07) is 11.4. The highest BCUT2D eigenvalue weighted by molar-refractivity contribution is 6.35. The molecule has 21 heavy (non-hydrogen) atoms.